The molecule has 0 spiro atoms. The van der Waals surface area contributed by atoms with Gasteiger partial charge in [0.1, 0.15) is 6.04 Å². The van der Waals surface area contributed by atoms with Crippen molar-refractivity contribution < 1.29 is 18.0 Å². The Balaban J connectivity index is 1.53. The molecule has 4 rings (SSSR count). The zero-order valence-corrected chi connectivity index (χ0v) is 20.2. The van der Waals surface area contributed by atoms with Crippen LogP contribution < -0.4 is 9.62 Å². The van der Waals surface area contributed by atoms with Crippen LogP contribution in [0.1, 0.15) is 43.9 Å². The number of hydrogen-bond acceptors (Lipinski definition) is 4. The smallest absolute Gasteiger partial charge is 0.241 e. The summed E-state index contributed by atoms with van der Waals surface area (Å²) in [5.74, 6) is -0.392. The molecule has 0 aliphatic carbocycles. The summed E-state index contributed by atoms with van der Waals surface area (Å²) in [5, 5.41) is 0. The molecule has 2 aliphatic rings. The Labute approximate surface area is 195 Å². The molecule has 8 heteroatoms. The van der Waals surface area contributed by atoms with Crippen LogP contribution in [0.15, 0.2) is 47.4 Å². The van der Waals surface area contributed by atoms with Gasteiger partial charge in [-0.2, -0.15) is 4.72 Å². The van der Waals surface area contributed by atoms with E-state index in [9.17, 15) is 18.0 Å². The highest BCUT2D eigenvalue weighted by atomic mass is 32.2. The average molecular weight is 470 g/mol. The lowest BCUT2D eigenvalue weighted by atomic mass is 9.97. The number of nitrogens with one attached hydrogen (secondary N) is 1. The van der Waals surface area contributed by atoms with Crippen LogP contribution in [-0.2, 0) is 39.0 Å². The van der Waals surface area contributed by atoms with Crippen LogP contribution in [0.2, 0.25) is 0 Å². The maximum absolute atomic E-state index is 13.4. The largest absolute Gasteiger partial charge is 0.337 e. The minimum absolute atomic E-state index is 0.0241. The van der Waals surface area contributed by atoms with Crippen LogP contribution in [0.5, 0.6) is 0 Å². The summed E-state index contributed by atoms with van der Waals surface area (Å²) >= 11 is 0. The minimum Gasteiger partial charge on any atom is -0.337 e. The molecule has 0 bridgehead atoms. The van der Waals surface area contributed by atoms with Crippen molar-refractivity contribution in [3.63, 3.8) is 0 Å². The normalized spacial score (nSPS) is 16.5. The van der Waals surface area contributed by atoms with Gasteiger partial charge in [-0.15, -0.1) is 0 Å². The van der Waals surface area contributed by atoms with Crippen molar-refractivity contribution in [1.29, 1.82) is 0 Å². The standard InChI is InChI=1S/C25H31N3O4S/c1-4-23(29)28-14-12-19-15-21(9-10-22(19)28)33(31,32)26-24(17(2)3)25(30)27-13-11-18-7-5-6-8-20(18)16-27/h5-10,15,17,24,26H,4,11-14,16H2,1-3H3/t24-/m0/s1. The van der Waals surface area contributed by atoms with Gasteiger partial charge in [0, 0.05) is 31.7 Å². The second kappa shape index (κ2) is 9.27. The second-order valence-corrected chi connectivity index (χ2v) is 10.8. The summed E-state index contributed by atoms with van der Waals surface area (Å²) in [5.41, 5.74) is 3.94. The highest BCUT2D eigenvalue weighted by Gasteiger charge is 2.34. The topological polar surface area (TPSA) is 86.8 Å². The zero-order chi connectivity index (χ0) is 23.8. The molecule has 0 saturated heterocycles. The number of carbonyl (C=O) groups is 2. The molecular weight excluding hydrogens is 438 g/mol. The molecule has 0 saturated carbocycles. The van der Waals surface area contributed by atoms with Crippen molar-refractivity contribution >= 4 is 27.5 Å². The monoisotopic (exact) mass is 469 g/mol. The fraction of sp³-hybridized carbons (Fsp3) is 0.440. The third kappa shape index (κ3) is 4.68. The van der Waals surface area contributed by atoms with Crippen LogP contribution in [0.3, 0.4) is 0 Å². The Morgan fingerprint density at radius 3 is 2.39 bits per heavy atom. The number of carbonyl (C=O) groups excluding carboxylic acids is 2. The molecule has 0 fully saturated rings. The molecule has 2 aliphatic heterocycles. The Hall–Kier alpha value is -2.71. The SMILES string of the molecule is CCC(=O)N1CCc2cc(S(=O)(=O)N[C@H](C(=O)N3CCc4ccccc4C3)C(C)C)ccc21. The Bertz CT molecular complexity index is 1180. The van der Waals surface area contributed by atoms with Gasteiger partial charge in [0.2, 0.25) is 21.8 Å². The Morgan fingerprint density at radius 1 is 1.00 bits per heavy atom. The number of amides is 2. The first kappa shape index (κ1) is 23.4. The predicted octanol–water partition coefficient (Wildman–Crippen LogP) is 2.87. The molecule has 0 aromatic heterocycles. The summed E-state index contributed by atoms with van der Waals surface area (Å²) in [4.78, 5) is 29.1. The van der Waals surface area contributed by atoms with E-state index in [4.69, 9.17) is 0 Å². The fourth-order valence-corrected chi connectivity index (χ4v) is 5.97. The molecular formula is C25H31N3O4S. The number of rotatable bonds is 6. The lowest BCUT2D eigenvalue weighted by Crippen LogP contribution is -2.52. The number of hydrogen-bond donors (Lipinski definition) is 1. The molecule has 176 valence electrons. The van der Waals surface area contributed by atoms with Crippen molar-refractivity contribution in [2.75, 3.05) is 18.0 Å². The van der Waals surface area contributed by atoms with Crippen molar-refractivity contribution in [2.45, 2.75) is 57.5 Å². The van der Waals surface area contributed by atoms with E-state index in [1.807, 2.05) is 39.0 Å². The number of fused-ring (bicyclic) bond motifs is 2. The van der Waals surface area contributed by atoms with Crippen LogP contribution in [0.4, 0.5) is 5.69 Å². The van der Waals surface area contributed by atoms with Gasteiger partial charge in [-0.05, 0) is 53.6 Å². The summed E-state index contributed by atoms with van der Waals surface area (Å²) in [6.45, 7) is 7.12. The minimum atomic E-state index is -3.91. The molecule has 2 heterocycles. The van der Waals surface area contributed by atoms with Crippen LogP contribution in [-0.4, -0.2) is 44.3 Å². The van der Waals surface area contributed by atoms with E-state index in [0.29, 0.717) is 32.5 Å². The predicted molar refractivity (Wildman–Crippen MR) is 127 cm³/mol. The van der Waals surface area contributed by atoms with Crippen molar-refractivity contribution in [3.05, 3.63) is 59.2 Å². The van der Waals surface area contributed by atoms with E-state index in [1.165, 1.54) is 11.6 Å². The van der Waals surface area contributed by atoms with E-state index >= 15 is 0 Å². The van der Waals surface area contributed by atoms with E-state index in [-0.39, 0.29) is 22.6 Å². The molecule has 0 radical (unpaired) electrons. The number of anilines is 1. The lowest BCUT2D eigenvalue weighted by Gasteiger charge is -2.33. The molecule has 2 amide bonds. The van der Waals surface area contributed by atoms with Crippen LogP contribution in [0, 0.1) is 5.92 Å². The Morgan fingerprint density at radius 2 is 1.70 bits per heavy atom. The first-order valence-corrected chi connectivity index (χ1v) is 13.0. The third-order valence-electron chi connectivity index (χ3n) is 6.52. The highest BCUT2D eigenvalue weighted by molar-refractivity contribution is 7.89. The molecule has 1 N–H and O–H groups in total. The van der Waals surface area contributed by atoms with Crippen LogP contribution >= 0.6 is 0 Å². The van der Waals surface area contributed by atoms with E-state index in [0.717, 1.165) is 23.2 Å². The first-order chi connectivity index (χ1) is 15.7. The van der Waals surface area contributed by atoms with Gasteiger partial charge in [-0.25, -0.2) is 8.42 Å². The summed E-state index contributed by atoms with van der Waals surface area (Å²) in [6, 6.07) is 12.0. The fourth-order valence-electron chi connectivity index (χ4n) is 4.58. The summed E-state index contributed by atoms with van der Waals surface area (Å²) < 4.78 is 29.2. The maximum atomic E-state index is 13.4. The Kier molecular flexibility index (Phi) is 6.59. The molecule has 1 atom stereocenters. The highest BCUT2D eigenvalue weighted by Crippen LogP contribution is 2.31. The third-order valence-corrected chi connectivity index (χ3v) is 7.96. The molecule has 33 heavy (non-hydrogen) atoms. The van der Waals surface area contributed by atoms with E-state index < -0.39 is 16.1 Å². The van der Waals surface area contributed by atoms with Gasteiger partial charge in [0.25, 0.3) is 0 Å². The average Bonchev–Trinajstić information content (AvgIpc) is 3.24. The molecule has 0 unspecified atom stereocenters. The van der Waals surface area contributed by atoms with Gasteiger partial charge < -0.3 is 9.80 Å². The molecule has 2 aromatic rings. The van der Waals surface area contributed by atoms with E-state index in [2.05, 4.69) is 10.8 Å². The zero-order valence-electron chi connectivity index (χ0n) is 19.4. The van der Waals surface area contributed by atoms with Gasteiger partial charge in [0.05, 0.1) is 4.90 Å². The number of nitrogens with zero attached hydrogens (tertiary/aromatic N) is 2. The van der Waals surface area contributed by atoms with Crippen molar-refractivity contribution in [3.8, 4) is 0 Å². The quantitative estimate of drug-likeness (QED) is 0.705. The number of benzene rings is 2. The van der Waals surface area contributed by atoms with Gasteiger partial charge in [0.15, 0.2) is 0 Å². The van der Waals surface area contributed by atoms with Gasteiger partial charge >= 0.3 is 0 Å². The first-order valence-electron chi connectivity index (χ1n) is 11.5. The van der Waals surface area contributed by atoms with Gasteiger partial charge in [-0.3, -0.25) is 9.59 Å². The summed E-state index contributed by atoms with van der Waals surface area (Å²) in [6.07, 6.45) is 1.78. The van der Waals surface area contributed by atoms with E-state index in [1.54, 1.807) is 21.9 Å². The van der Waals surface area contributed by atoms with Gasteiger partial charge in [-0.1, -0.05) is 45.0 Å². The van der Waals surface area contributed by atoms with Crippen molar-refractivity contribution in [1.82, 2.24) is 9.62 Å². The summed E-state index contributed by atoms with van der Waals surface area (Å²) in [7, 11) is -3.91. The van der Waals surface area contributed by atoms with Crippen LogP contribution in [0.25, 0.3) is 0 Å². The number of sulfonamides is 1. The maximum Gasteiger partial charge on any atom is 0.241 e. The molecule has 2 aromatic carbocycles. The second-order valence-electron chi connectivity index (χ2n) is 9.06. The molecule has 7 nitrogen and oxygen atoms in total. The van der Waals surface area contributed by atoms with Crippen molar-refractivity contribution in [2.24, 2.45) is 5.92 Å². The lowest BCUT2D eigenvalue weighted by molar-refractivity contribution is -0.135.